The fraction of sp³-hybridized carbons (Fsp3) is 0.588. The molecule has 1 heterocycles. The molecule has 0 bridgehead atoms. The van der Waals surface area contributed by atoms with Crippen molar-refractivity contribution >= 4 is 16.1 Å². The minimum absolute atomic E-state index is 0.0859. The van der Waals surface area contributed by atoms with Crippen LogP contribution in [0.2, 0.25) is 0 Å². The maximum atomic E-state index is 13.4. The molecular weight excluding hydrogens is 347 g/mol. The summed E-state index contributed by atoms with van der Waals surface area (Å²) in [6.07, 6.45) is -0.463. The van der Waals surface area contributed by atoms with Gasteiger partial charge in [0.1, 0.15) is 11.4 Å². The fourth-order valence-electron chi connectivity index (χ4n) is 2.79. The second-order valence-electron chi connectivity index (χ2n) is 7.23. The van der Waals surface area contributed by atoms with Crippen LogP contribution in [0.15, 0.2) is 29.2 Å². The Bertz CT molecular complexity index is 745. The summed E-state index contributed by atoms with van der Waals surface area (Å²) in [7, 11) is -3.84. The van der Waals surface area contributed by atoms with Gasteiger partial charge in [-0.2, -0.15) is 4.31 Å². The lowest BCUT2D eigenvalue weighted by molar-refractivity contribution is 0.000106. The van der Waals surface area contributed by atoms with E-state index in [1.165, 1.54) is 27.4 Å². The molecule has 1 aromatic carbocycles. The second-order valence-corrected chi connectivity index (χ2v) is 9.12. The molecule has 1 saturated heterocycles. The number of carbonyl (C=O) groups excluding carboxylic acids is 1. The topological polar surface area (TPSA) is 66.9 Å². The van der Waals surface area contributed by atoms with E-state index in [0.717, 1.165) is 6.07 Å². The van der Waals surface area contributed by atoms with E-state index in [9.17, 15) is 17.6 Å². The molecule has 8 heteroatoms. The maximum absolute atomic E-state index is 13.4. The number of amides is 1. The molecule has 0 radical (unpaired) electrons. The van der Waals surface area contributed by atoms with Crippen molar-refractivity contribution in [3.05, 3.63) is 30.1 Å². The largest absolute Gasteiger partial charge is 0.444 e. The Hall–Kier alpha value is -1.67. The lowest BCUT2D eigenvalue weighted by Crippen LogP contribution is -2.60. The van der Waals surface area contributed by atoms with Gasteiger partial charge in [0.25, 0.3) is 0 Å². The molecule has 1 aliphatic rings. The van der Waals surface area contributed by atoms with Crippen molar-refractivity contribution in [3.8, 4) is 0 Å². The lowest BCUT2D eigenvalue weighted by atomic mass is 10.1. The van der Waals surface area contributed by atoms with Crippen LogP contribution in [0, 0.1) is 5.82 Å². The Morgan fingerprint density at radius 3 is 2.40 bits per heavy atom. The van der Waals surface area contributed by atoms with Crippen LogP contribution in [0.3, 0.4) is 0 Å². The summed E-state index contributed by atoms with van der Waals surface area (Å²) in [5.41, 5.74) is -0.620. The zero-order valence-corrected chi connectivity index (χ0v) is 16.0. The average molecular weight is 372 g/mol. The highest BCUT2D eigenvalue weighted by molar-refractivity contribution is 7.89. The van der Waals surface area contributed by atoms with Gasteiger partial charge in [0, 0.05) is 25.2 Å². The molecule has 1 aromatic rings. The van der Waals surface area contributed by atoms with Gasteiger partial charge in [-0.3, -0.25) is 0 Å². The highest BCUT2D eigenvalue weighted by Crippen LogP contribution is 2.26. The lowest BCUT2D eigenvalue weighted by Gasteiger charge is -2.44. The number of piperazine rings is 1. The van der Waals surface area contributed by atoms with Crippen LogP contribution in [-0.4, -0.2) is 54.5 Å². The molecule has 0 N–H and O–H groups in total. The Morgan fingerprint density at radius 1 is 1.20 bits per heavy atom. The van der Waals surface area contributed by atoms with E-state index in [1.807, 2.05) is 0 Å². The van der Waals surface area contributed by atoms with E-state index < -0.39 is 33.6 Å². The predicted molar refractivity (Wildman–Crippen MR) is 92.2 cm³/mol. The van der Waals surface area contributed by atoms with Crippen molar-refractivity contribution < 1.29 is 22.3 Å². The molecule has 140 valence electrons. The molecule has 2 rings (SSSR count). The quantitative estimate of drug-likeness (QED) is 0.801. The maximum Gasteiger partial charge on any atom is 0.410 e. The van der Waals surface area contributed by atoms with Crippen LogP contribution in [0.25, 0.3) is 0 Å². The van der Waals surface area contributed by atoms with Gasteiger partial charge in [-0.1, -0.05) is 6.07 Å². The Kier molecular flexibility index (Phi) is 5.44. The molecule has 2 atom stereocenters. The van der Waals surface area contributed by atoms with Crippen LogP contribution in [0.5, 0.6) is 0 Å². The zero-order chi connectivity index (χ0) is 19.0. The summed E-state index contributed by atoms with van der Waals surface area (Å²) in [6.45, 7) is 9.20. The molecule has 1 fully saturated rings. The first-order valence-corrected chi connectivity index (χ1v) is 9.64. The first-order chi connectivity index (χ1) is 11.4. The third kappa shape index (κ3) is 4.30. The molecule has 0 aromatic heterocycles. The third-order valence-corrected chi connectivity index (χ3v) is 6.22. The minimum atomic E-state index is -3.84. The van der Waals surface area contributed by atoms with Crippen molar-refractivity contribution in [1.82, 2.24) is 9.21 Å². The van der Waals surface area contributed by atoms with E-state index in [4.69, 9.17) is 4.74 Å². The summed E-state index contributed by atoms with van der Waals surface area (Å²) < 4.78 is 45.8. The Morgan fingerprint density at radius 2 is 1.84 bits per heavy atom. The van der Waals surface area contributed by atoms with Gasteiger partial charge >= 0.3 is 6.09 Å². The summed E-state index contributed by atoms with van der Waals surface area (Å²) in [5, 5.41) is 0. The number of nitrogens with zero attached hydrogens (tertiary/aromatic N) is 2. The highest BCUT2D eigenvalue weighted by atomic mass is 32.2. The van der Waals surface area contributed by atoms with Crippen molar-refractivity contribution in [2.45, 2.75) is 57.2 Å². The van der Waals surface area contributed by atoms with Crippen LogP contribution < -0.4 is 0 Å². The number of rotatable bonds is 2. The van der Waals surface area contributed by atoms with E-state index in [0.29, 0.717) is 0 Å². The van der Waals surface area contributed by atoms with Gasteiger partial charge in [-0.15, -0.1) is 0 Å². The van der Waals surface area contributed by atoms with Gasteiger partial charge in [-0.05, 0) is 52.8 Å². The van der Waals surface area contributed by atoms with Crippen LogP contribution in [0.4, 0.5) is 9.18 Å². The summed E-state index contributed by atoms with van der Waals surface area (Å²) in [6, 6.07) is 4.11. The zero-order valence-electron chi connectivity index (χ0n) is 15.2. The summed E-state index contributed by atoms with van der Waals surface area (Å²) in [4.78, 5) is 13.8. The highest BCUT2D eigenvalue weighted by Gasteiger charge is 2.41. The molecule has 25 heavy (non-hydrogen) atoms. The number of sulfonamides is 1. The first kappa shape index (κ1) is 19.7. The van der Waals surface area contributed by atoms with Crippen molar-refractivity contribution in [3.63, 3.8) is 0 Å². The van der Waals surface area contributed by atoms with Gasteiger partial charge < -0.3 is 9.64 Å². The van der Waals surface area contributed by atoms with E-state index in [1.54, 1.807) is 34.6 Å². The van der Waals surface area contributed by atoms with Crippen LogP contribution in [0.1, 0.15) is 34.6 Å². The number of hydrogen-bond donors (Lipinski definition) is 0. The Balaban J connectivity index is 2.21. The number of halogens is 1. The molecule has 0 saturated carbocycles. The van der Waals surface area contributed by atoms with Crippen LogP contribution >= 0.6 is 0 Å². The molecule has 1 amide bonds. The van der Waals surface area contributed by atoms with Gasteiger partial charge in [0.15, 0.2) is 0 Å². The SMILES string of the molecule is CC1C(C)N(S(=O)(=O)c2cccc(F)c2)CCN1C(=O)OC(C)(C)C. The van der Waals surface area contributed by atoms with Gasteiger partial charge in [0.2, 0.25) is 10.0 Å². The number of ether oxygens (including phenoxy) is 1. The van der Waals surface area contributed by atoms with E-state index in [2.05, 4.69) is 0 Å². The van der Waals surface area contributed by atoms with E-state index in [-0.39, 0.29) is 24.0 Å². The second kappa shape index (κ2) is 6.92. The Labute approximate surface area is 148 Å². The molecule has 6 nitrogen and oxygen atoms in total. The molecule has 0 spiro atoms. The smallest absolute Gasteiger partial charge is 0.410 e. The predicted octanol–water partition coefficient (Wildman–Crippen LogP) is 2.84. The fourth-order valence-corrected chi connectivity index (χ4v) is 4.51. The van der Waals surface area contributed by atoms with E-state index >= 15 is 0 Å². The first-order valence-electron chi connectivity index (χ1n) is 8.20. The summed E-state index contributed by atoms with van der Waals surface area (Å²) >= 11 is 0. The molecule has 2 unspecified atom stereocenters. The van der Waals surface area contributed by atoms with Crippen molar-refractivity contribution in [2.75, 3.05) is 13.1 Å². The monoisotopic (exact) mass is 372 g/mol. The minimum Gasteiger partial charge on any atom is -0.444 e. The summed E-state index contributed by atoms with van der Waals surface area (Å²) in [5.74, 6) is -0.603. The molecule has 1 aliphatic heterocycles. The number of hydrogen-bond acceptors (Lipinski definition) is 4. The standard InChI is InChI=1S/C17H25FN2O4S/c1-12-13(2)20(10-9-19(12)16(21)24-17(3,4)5)25(22,23)15-8-6-7-14(18)11-15/h6-8,11-13H,9-10H2,1-5H3. The normalized spacial score (nSPS) is 22.7. The third-order valence-electron chi connectivity index (χ3n) is 4.24. The number of carbonyl (C=O) groups is 1. The molecule has 0 aliphatic carbocycles. The average Bonchev–Trinajstić information content (AvgIpc) is 2.47. The number of benzene rings is 1. The van der Waals surface area contributed by atoms with Gasteiger partial charge in [0.05, 0.1) is 4.90 Å². The van der Waals surface area contributed by atoms with Crippen LogP contribution in [-0.2, 0) is 14.8 Å². The van der Waals surface area contributed by atoms with Crippen molar-refractivity contribution in [1.29, 1.82) is 0 Å². The van der Waals surface area contributed by atoms with Crippen molar-refractivity contribution in [2.24, 2.45) is 0 Å². The molecular formula is C17H25FN2O4S. The van der Waals surface area contributed by atoms with Gasteiger partial charge in [-0.25, -0.2) is 17.6 Å².